The molecule has 0 fully saturated rings. The van der Waals surface area contributed by atoms with Crippen molar-refractivity contribution in [1.82, 2.24) is 4.98 Å². The van der Waals surface area contributed by atoms with Gasteiger partial charge in [0.1, 0.15) is 23.9 Å². The second-order valence-electron chi connectivity index (χ2n) is 5.36. The van der Waals surface area contributed by atoms with Gasteiger partial charge in [-0.1, -0.05) is 6.07 Å². The Labute approximate surface area is 151 Å². The Kier molecular flexibility index (Phi) is 5.67. The number of methoxy groups -OCH3 is 1. The van der Waals surface area contributed by atoms with E-state index in [0.29, 0.717) is 29.5 Å². The highest BCUT2D eigenvalue weighted by molar-refractivity contribution is 5.86. The number of nitrogens with one attached hydrogen (secondary N) is 1. The fourth-order valence-corrected chi connectivity index (χ4v) is 2.18. The first kappa shape index (κ1) is 17.3. The molecule has 3 aromatic rings. The number of carbonyl (C=O) groups is 1. The minimum atomic E-state index is -0.570. The van der Waals surface area contributed by atoms with Gasteiger partial charge in [0, 0.05) is 23.6 Å². The van der Waals surface area contributed by atoms with E-state index in [1.165, 1.54) is 0 Å². The number of anilines is 1. The van der Waals surface area contributed by atoms with Crippen molar-refractivity contribution >= 4 is 11.8 Å². The lowest BCUT2D eigenvalue weighted by molar-refractivity contribution is 0.215. The van der Waals surface area contributed by atoms with Gasteiger partial charge in [0.25, 0.3) is 0 Å². The molecule has 0 spiro atoms. The zero-order valence-corrected chi connectivity index (χ0v) is 14.2. The molecule has 0 atom stereocenters. The van der Waals surface area contributed by atoms with E-state index >= 15 is 0 Å². The fourth-order valence-electron chi connectivity index (χ4n) is 2.18. The normalized spacial score (nSPS) is 10.0. The van der Waals surface area contributed by atoms with Crippen LogP contribution in [0.2, 0.25) is 0 Å². The van der Waals surface area contributed by atoms with Crippen LogP contribution in [0.4, 0.5) is 10.5 Å². The summed E-state index contributed by atoms with van der Waals surface area (Å²) in [6.07, 6.45) is 2.90. The van der Waals surface area contributed by atoms with Crippen LogP contribution in [0.15, 0.2) is 73.1 Å². The Balaban J connectivity index is 1.50. The SMILES string of the molecule is COc1ccc(OC(=O)Nc2ccc(OCc3cccnc3)cc2)cc1. The van der Waals surface area contributed by atoms with Gasteiger partial charge in [-0.15, -0.1) is 0 Å². The van der Waals surface area contributed by atoms with Gasteiger partial charge in [-0.05, 0) is 54.6 Å². The molecule has 1 amide bonds. The number of benzene rings is 2. The Morgan fingerprint density at radius 1 is 0.962 bits per heavy atom. The maximum atomic E-state index is 11.9. The molecular formula is C20H18N2O4. The van der Waals surface area contributed by atoms with E-state index in [2.05, 4.69) is 10.3 Å². The van der Waals surface area contributed by atoms with Crippen molar-refractivity contribution in [2.24, 2.45) is 0 Å². The van der Waals surface area contributed by atoms with E-state index in [0.717, 1.165) is 5.56 Å². The molecule has 0 aliphatic carbocycles. The van der Waals surface area contributed by atoms with Gasteiger partial charge in [-0.25, -0.2) is 4.79 Å². The molecule has 0 aliphatic heterocycles. The third kappa shape index (κ3) is 4.98. The topological polar surface area (TPSA) is 69.7 Å². The van der Waals surface area contributed by atoms with Gasteiger partial charge < -0.3 is 14.2 Å². The number of hydrogen-bond donors (Lipinski definition) is 1. The minimum absolute atomic E-state index is 0.430. The summed E-state index contributed by atoms with van der Waals surface area (Å²) in [5.74, 6) is 1.82. The average Bonchev–Trinajstić information content (AvgIpc) is 2.69. The Hall–Kier alpha value is -3.54. The lowest BCUT2D eigenvalue weighted by Crippen LogP contribution is -2.16. The zero-order valence-electron chi connectivity index (χ0n) is 14.2. The average molecular weight is 350 g/mol. The van der Waals surface area contributed by atoms with Crippen molar-refractivity contribution in [3.63, 3.8) is 0 Å². The first-order valence-electron chi connectivity index (χ1n) is 7.97. The molecule has 1 N–H and O–H groups in total. The van der Waals surface area contributed by atoms with Gasteiger partial charge in [0.15, 0.2) is 0 Å². The fraction of sp³-hybridized carbons (Fsp3) is 0.100. The summed E-state index contributed by atoms with van der Waals surface area (Å²) < 4.78 is 15.9. The van der Waals surface area contributed by atoms with E-state index in [1.54, 1.807) is 68.0 Å². The van der Waals surface area contributed by atoms with Crippen molar-refractivity contribution < 1.29 is 19.0 Å². The highest BCUT2D eigenvalue weighted by atomic mass is 16.6. The first-order valence-corrected chi connectivity index (χ1v) is 7.97. The summed E-state index contributed by atoms with van der Waals surface area (Å²) in [6.45, 7) is 0.431. The molecule has 6 heteroatoms. The highest BCUT2D eigenvalue weighted by Gasteiger charge is 2.06. The van der Waals surface area contributed by atoms with Crippen molar-refractivity contribution in [3.05, 3.63) is 78.6 Å². The number of carbonyl (C=O) groups excluding carboxylic acids is 1. The lowest BCUT2D eigenvalue weighted by Gasteiger charge is -2.09. The highest BCUT2D eigenvalue weighted by Crippen LogP contribution is 2.19. The van der Waals surface area contributed by atoms with Crippen LogP contribution in [0.1, 0.15) is 5.56 Å². The van der Waals surface area contributed by atoms with E-state index < -0.39 is 6.09 Å². The number of pyridine rings is 1. The molecule has 0 saturated heterocycles. The number of ether oxygens (including phenoxy) is 3. The van der Waals surface area contributed by atoms with Crippen LogP contribution in [0.3, 0.4) is 0 Å². The summed E-state index contributed by atoms with van der Waals surface area (Å²) in [6, 6.07) is 17.6. The summed E-state index contributed by atoms with van der Waals surface area (Å²) in [5, 5.41) is 2.66. The summed E-state index contributed by atoms with van der Waals surface area (Å²) in [7, 11) is 1.58. The number of amides is 1. The summed E-state index contributed by atoms with van der Waals surface area (Å²) in [5.41, 5.74) is 1.59. The number of hydrogen-bond acceptors (Lipinski definition) is 5. The van der Waals surface area contributed by atoms with Gasteiger partial charge in [-0.3, -0.25) is 10.3 Å². The second kappa shape index (κ2) is 8.53. The molecule has 0 aliphatic rings. The second-order valence-corrected chi connectivity index (χ2v) is 5.36. The quantitative estimate of drug-likeness (QED) is 0.718. The van der Waals surface area contributed by atoms with Crippen LogP contribution in [0.25, 0.3) is 0 Å². The molecule has 26 heavy (non-hydrogen) atoms. The Morgan fingerprint density at radius 3 is 2.31 bits per heavy atom. The molecule has 0 bridgehead atoms. The van der Waals surface area contributed by atoms with E-state index in [9.17, 15) is 4.79 Å². The van der Waals surface area contributed by atoms with Crippen LogP contribution < -0.4 is 19.5 Å². The standard InChI is InChI=1S/C20H18N2O4/c1-24-17-8-10-19(11-9-17)26-20(23)22-16-4-6-18(7-5-16)25-14-15-3-2-12-21-13-15/h2-13H,14H2,1H3,(H,22,23). The predicted molar refractivity (Wildman–Crippen MR) is 97.7 cm³/mol. The maximum absolute atomic E-state index is 11.9. The molecule has 132 valence electrons. The number of aromatic nitrogens is 1. The third-order valence-corrected chi connectivity index (χ3v) is 3.50. The molecule has 1 aromatic heterocycles. The maximum Gasteiger partial charge on any atom is 0.417 e. The third-order valence-electron chi connectivity index (χ3n) is 3.50. The van der Waals surface area contributed by atoms with Crippen LogP contribution in [0.5, 0.6) is 17.2 Å². The molecule has 3 rings (SSSR count). The van der Waals surface area contributed by atoms with Gasteiger partial charge in [-0.2, -0.15) is 0 Å². The first-order chi connectivity index (χ1) is 12.7. The van der Waals surface area contributed by atoms with Crippen LogP contribution in [-0.2, 0) is 6.61 Å². The summed E-state index contributed by atoms with van der Waals surface area (Å²) >= 11 is 0. The van der Waals surface area contributed by atoms with Crippen molar-refractivity contribution in [2.75, 3.05) is 12.4 Å². The molecule has 0 radical (unpaired) electrons. The number of rotatable bonds is 6. The molecular weight excluding hydrogens is 332 g/mol. The Bertz CT molecular complexity index is 834. The van der Waals surface area contributed by atoms with Crippen molar-refractivity contribution in [3.8, 4) is 17.2 Å². The zero-order chi connectivity index (χ0) is 18.2. The summed E-state index contributed by atoms with van der Waals surface area (Å²) in [4.78, 5) is 16.0. The van der Waals surface area contributed by atoms with Crippen molar-refractivity contribution in [1.29, 1.82) is 0 Å². The smallest absolute Gasteiger partial charge is 0.417 e. The molecule has 0 saturated carbocycles. The molecule has 1 heterocycles. The molecule has 2 aromatic carbocycles. The van der Waals surface area contributed by atoms with E-state index in [1.807, 2.05) is 12.1 Å². The predicted octanol–water partition coefficient (Wildman–Crippen LogP) is 4.28. The lowest BCUT2D eigenvalue weighted by atomic mass is 10.3. The van der Waals surface area contributed by atoms with Crippen LogP contribution in [0, 0.1) is 0 Å². The van der Waals surface area contributed by atoms with Gasteiger partial charge in [0.05, 0.1) is 7.11 Å². The van der Waals surface area contributed by atoms with E-state index in [4.69, 9.17) is 14.2 Å². The van der Waals surface area contributed by atoms with Gasteiger partial charge >= 0.3 is 6.09 Å². The van der Waals surface area contributed by atoms with Crippen LogP contribution in [-0.4, -0.2) is 18.2 Å². The van der Waals surface area contributed by atoms with E-state index in [-0.39, 0.29) is 0 Å². The minimum Gasteiger partial charge on any atom is -0.497 e. The largest absolute Gasteiger partial charge is 0.497 e. The van der Waals surface area contributed by atoms with Gasteiger partial charge in [0.2, 0.25) is 0 Å². The van der Waals surface area contributed by atoms with Crippen LogP contribution >= 0.6 is 0 Å². The monoisotopic (exact) mass is 350 g/mol. The Morgan fingerprint density at radius 2 is 1.65 bits per heavy atom. The van der Waals surface area contributed by atoms with Crippen molar-refractivity contribution in [2.45, 2.75) is 6.61 Å². The number of nitrogens with zero attached hydrogens (tertiary/aromatic N) is 1. The molecule has 6 nitrogen and oxygen atoms in total. The molecule has 0 unspecified atom stereocenters.